The number of benzene rings is 2. The molecular formula is C15H12O9. The van der Waals surface area contributed by atoms with Crippen LogP contribution in [0.15, 0.2) is 54.6 Å². The summed E-state index contributed by atoms with van der Waals surface area (Å²) in [6.07, 6.45) is 0. The van der Waals surface area contributed by atoms with Crippen molar-refractivity contribution in [3.63, 3.8) is 0 Å². The summed E-state index contributed by atoms with van der Waals surface area (Å²) >= 11 is 0. The van der Waals surface area contributed by atoms with Gasteiger partial charge in [0.05, 0.1) is 16.7 Å². The first kappa shape index (κ1) is 18.8. The molecule has 0 atom stereocenters. The number of carbonyl (C=O) groups is 3. The van der Waals surface area contributed by atoms with Crippen LogP contribution in [0.1, 0.15) is 31.1 Å². The summed E-state index contributed by atoms with van der Waals surface area (Å²) in [5.41, 5.74) is -0.0619. The summed E-state index contributed by atoms with van der Waals surface area (Å²) in [4.78, 5) is 42.7. The van der Waals surface area contributed by atoms with Gasteiger partial charge in [-0.1, -0.05) is 30.3 Å². The van der Waals surface area contributed by atoms with Crippen molar-refractivity contribution in [2.24, 2.45) is 0 Å². The van der Waals surface area contributed by atoms with Gasteiger partial charge in [-0.25, -0.2) is 14.4 Å². The molecule has 0 aliphatic heterocycles. The molecule has 0 saturated carbocycles. The van der Waals surface area contributed by atoms with Crippen molar-refractivity contribution in [1.82, 2.24) is 0 Å². The molecule has 0 spiro atoms. The fourth-order valence-electron chi connectivity index (χ4n) is 1.56. The lowest BCUT2D eigenvalue weighted by Crippen LogP contribution is -2.11. The van der Waals surface area contributed by atoms with E-state index in [0.29, 0.717) is 5.56 Å². The molecule has 0 radical (unpaired) electrons. The van der Waals surface area contributed by atoms with E-state index in [-0.39, 0.29) is 11.1 Å². The molecule has 9 heteroatoms. The molecule has 0 fully saturated rings. The zero-order valence-corrected chi connectivity index (χ0v) is 12.0. The van der Waals surface area contributed by atoms with Crippen molar-refractivity contribution in [3.05, 3.63) is 71.3 Å². The third kappa shape index (κ3) is 5.18. The van der Waals surface area contributed by atoms with E-state index in [0.717, 1.165) is 0 Å². The molecule has 2 aromatic rings. The molecule has 2 aromatic carbocycles. The van der Waals surface area contributed by atoms with Crippen molar-refractivity contribution in [3.8, 4) is 0 Å². The second-order valence-corrected chi connectivity index (χ2v) is 4.05. The first-order valence-electron chi connectivity index (χ1n) is 6.26. The van der Waals surface area contributed by atoms with E-state index >= 15 is 0 Å². The average molecular weight is 336 g/mol. The largest absolute Gasteiger partial charge is 0.373 e. The minimum Gasteiger partial charge on any atom is -0.296 e. The van der Waals surface area contributed by atoms with Crippen LogP contribution in [0.5, 0.6) is 0 Å². The Labute approximate surface area is 135 Å². The standard InChI is InChI=1S/C8H6O6.C7H6O3/c9-7(13-11)5-3-1-2-4-6(5)8(10)14-12;8-7(10-9)6-4-2-1-3-5-6/h1-4,11-12H;1-5,9H. The molecule has 9 nitrogen and oxygen atoms in total. The highest BCUT2D eigenvalue weighted by Crippen LogP contribution is 2.10. The molecule has 0 aliphatic carbocycles. The third-order valence-electron chi connectivity index (χ3n) is 2.63. The van der Waals surface area contributed by atoms with Gasteiger partial charge < -0.3 is 0 Å². The molecule has 0 unspecified atom stereocenters. The summed E-state index contributed by atoms with van der Waals surface area (Å²) in [6, 6.07) is 13.7. The molecule has 0 saturated heterocycles. The normalized spacial score (nSPS) is 9.12. The van der Waals surface area contributed by atoms with Gasteiger partial charge in [-0.05, 0) is 24.3 Å². The van der Waals surface area contributed by atoms with E-state index in [9.17, 15) is 14.4 Å². The van der Waals surface area contributed by atoms with Gasteiger partial charge in [0.1, 0.15) is 0 Å². The lowest BCUT2D eigenvalue weighted by atomic mass is 10.1. The minimum absolute atomic E-state index is 0.200. The first-order valence-corrected chi connectivity index (χ1v) is 6.26. The quantitative estimate of drug-likeness (QED) is 0.437. The van der Waals surface area contributed by atoms with Gasteiger partial charge in [0.15, 0.2) is 0 Å². The van der Waals surface area contributed by atoms with Crippen LogP contribution in [0.4, 0.5) is 0 Å². The van der Waals surface area contributed by atoms with Crippen LogP contribution >= 0.6 is 0 Å². The van der Waals surface area contributed by atoms with Gasteiger partial charge in [0.25, 0.3) is 0 Å². The Morgan fingerprint density at radius 2 is 0.958 bits per heavy atom. The van der Waals surface area contributed by atoms with Crippen LogP contribution in [0.3, 0.4) is 0 Å². The van der Waals surface area contributed by atoms with Gasteiger partial charge in [0, 0.05) is 0 Å². The third-order valence-corrected chi connectivity index (χ3v) is 2.63. The van der Waals surface area contributed by atoms with Gasteiger partial charge in [-0.3, -0.25) is 14.7 Å². The molecule has 2 rings (SSSR count). The van der Waals surface area contributed by atoms with E-state index in [1.807, 2.05) is 0 Å². The highest BCUT2D eigenvalue weighted by molar-refractivity contribution is 6.02. The van der Waals surface area contributed by atoms with Gasteiger partial charge >= 0.3 is 17.9 Å². The van der Waals surface area contributed by atoms with Crippen molar-refractivity contribution in [2.75, 3.05) is 0 Å². The SMILES string of the molecule is O=C(OO)c1ccccc1.O=C(OO)c1ccccc1C(=O)OO. The van der Waals surface area contributed by atoms with Crippen molar-refractivity contribution >= 4 is 17.9 Å². The fourth-order valence-corrected chi connectivity index (χ4v) is 1.56. The fraction of sp³-hybridized carbons (Fsp3) is 0. The highest BCUT2D eigenvalue weighted by Gasteiger charge is 2.18. The average Bonchev–Trinajstić information content (AvgIpc) is 2.67. The van der Waals surface area contributed by atoms with Crippen molar-refractivity contribution in [2.45, 2.75) is 0 Å². The Morgan fingerprint density at radius 1 is 0.583 bits per heavy atom. The molecule has 0 heterocycles. The second kappa shape index (κ2) is 9.69. The van der Waals surface area contributed by atoms with Crippen LogP contribution in [-0.4, -0.2) is 33.7 Å². The van der Waals surface area contributed by atoms with Gasteiger partial charge in [-0.15, -0.1) is 0 Å². The Morgan fingerprint density at radius 3 is 1.33 bits per heavy atom. The Hall–Kier alpha value is -3.27. The monoisotopic (exact) mass is 336 g/mol. The molecule has 3 N–H and O–H groups in total. The zero-order valence-electron chi connectivity index (χ0n) is 12.0. The van der Waals surface area contributed by atoms with Crippen LogP contribution in [0, 0.1) is 0 Å². The molecule has 0 amide bonds. The van der Waals surface area contributed by atoms with Crippen molar-refractivity contribution in [1.29, 1.82) is 0 Å². The summed E-state index contributed by atoms with van der Waals surface area (Å²) in [7, 11) is 0. The molecule has 0 aliphatic rings. The van der Waals surface area contributed by atoms with Crippen molar-refractivity contribution < 1.29 is 44.8 Å². The Kier molecular flexibility index (Phi) is 7.58. The predicted molar refractivity (Wildman–Crippen MR) is 77.0 cm³/mol. The summed E-state index contributed by atoms with van der Waals surface area (Å²) in [5.74, 6) is -2.95. The lowest BCUT2D eigenvalue weighted by molar-refractivity contribution is -0.185. The lowest BCUT2D eigenvalue weighted by Gasteiger charge is -2.02. The van der Waals surface area contributed by atoms with Gasteiger partial charge in [-0.2, -0.15) is 15.8 Å². The number of carbonyl (C=O) groups excluding carboxylic acids is 3. The van der Waals surface area contributed by atoms with E-state index < -0.39 is 17.9 Å². The van der Waals surface area contributed by atoms with Crippen LogP contribution < -0.4 is 0 Å². The minimum atomic E-state index is -1.11. The predicted octanol–water partition coefficient (Wildman–Crippen LogP) is 2.26. The van der Waals surface area contributed by atoms with E-state index in [2.05, 4.69) is 14.7 Å². The zero-order chi connectivity index (χ0) is 17.9. The van der Waals surface area contributed by atoms with Crippen LogP contribution in [-0.2, 0) is 14.7 Å². The first-order chi connectivity index (χ1) is 11.5. The number of hydrogen-bond donors (Lipinski definition) is 3. The van der Waals surface area contributed by atoms with E-state index in [4.69, 9.17) is 15.8 Å². The summed E-state index contributed by atoms with van der Waals surface area (Å²) in [6.45, 7) is 0. The topological polar surface area (TPSA) is 140 Å². The Balaban J connectivity index is 0.000000254. The smallest absolute Gasteiger partial charge is 0.296 e. The Bertz CT molecular complexity index is 662. The molecule has 0 aromatic heterocycles. The molecule has 0 bridgehead atoms. The summed E-state index contributed by atoms with van der Waals surface area (Å²) < 4.78 is 0. The number of rotatable bonds is 3. The maximum atomic E-state index is 10.9. The van der Waals surface area contributed by atoms with E-state index in [1.54, 1.807) is 30.3 Å². The maximum absolute atomic E-state index is 10.9. The van der Waals surface area contributed by atoms with E-state index in [1.165, 1.54) is 24.3 Å². The maximum Gasteiger partial charge on any atom is 0.373 e. The molecule has 24 heavy (non-hydrogen) atoms. The van der Waals surface area contributed by atoms with Crippen LogP contribution in [0.25, 0.3) is 0 Å². The summed E-state index contributed by atoms with van der Waals surface area (Å²) in [5, 5.41) is 24.1. The number of hydrogen-bond acceptors (Lipinski definition) is 9. The second-order valence-electron chi connectivity index (χ2n) is 4.05. The molecule has 126 valence electrons. The highest BCUT2D eigenvalue weighted by atomic mass is 17.1. The van der Waals surface area contributed by atoms with Gasteiger partial charge in [0.2, 0.25) is 0 Å². The van der Waals surface area contributed by atoms with Crippen LogP contribution in [0.2, 0.25) is 0 Å². The molecular weight excluding hydrogens is 324 g/mol.